The fourth-order valence-electron chi connectivity index (χ4n) is 2.44. The number of pyridine rings is 1. The molecular formula is C13H20N2. The Morgan fingerprint density at radius 1 is 1.47 bits per heavy atom. The summed E-state index contributed by atoms with van der Waals surface area (Å²) in [4.78, 5) is 4.36. The first-order valence-corrected chi connectivity index (χ1v) is 5.91. The van der Waals surface area contributed by atoms with Crippen LogP contribution in [0.2, 0.25) is 0 Å². The number of aryl methyl sites for hydroxylation is 1. The van der Waals surface area contributed by atoms with Gasteiger partial charge in [0.25, 0.3) is 0 Å². The van der Waals surface area contributed by atoms with E-state index in [0.717, 1.165) is 12.1 Å². The minimum atomic E-state index is 0.344. The van der Waals surface area contributed by atoms with E-state index in [1.165, 1.54) is 31.4 Å². The molecule has 1 aliphatic heterocycles. The zero-order valence-corrected chi connectivity index (χ0v) is 9.71. The Hall–Kier alpha value is -0.890. The second-order valence-electron chi connectivity index (χ2n) is 4.65. The predicted octanol–water partition coefficient (Wildman–Crippen LogP) is 2.46. The van der Waals surface area contributed by atoms with E-state index in [4.69, 9.17) is 0 Å². The summed E-state index contributed by atoms with van der Waals surface area (Å²) in [7, 11) is 0. The lowest BCUT2D eigenvalue weighted by Crippen LogP contribution is -2.41. The first-order chi connectivity index (χ1) is 7.24. The molecule has 1 N–H and O–H groups in total. The molecule has 0 aliphatic carbocycles. The summed E-state index contributed by atoms with van der Waals surface area (Å²) in [6.45, 7) is 5.49. The summed E-state index contributed by atoms with van der Waals surface area (Å²) in [6.07, 6.45) is 6.97. The number of hydrogen-bond donors (Lipinski definition) is 1. The maximum Gasteiger partial charge on any atom is 0.0372 e. The van der Waals surface area contributed by atoms with Crippen molar-refractivity contribution in [3.05, 3.63) is 29.6 Å². The monoisotopic (exact) mass is 204 g/mol. The number of nitrogens with zero attached hydrogens (tertiary/aromatic N) is 1. The largest absolute Gasteiger partial charge is 0.311 e. The van der Waals surface area contributed by atoms with Crippen LogP contribution in [0.5, 0.6) is 0 Å². The second-order valence-corrected chi connectivity index (χ2v) is 4.65. The minimum absolute atomic E-state index is 0.344. The molecule has 2 rings (SSSR count). The number of aromatic nitrogens is 1. The van der Waals surface area contributed by atoms with Crippen molar-refractivity contribution in [1.29, 1.82) is 0 Å². The Morgan fingerprint density at radius 3 is 2.87 bits per heavy atom. The van der Waals surface area contributed by atoms with Gasteiger partial charge in [0, 0.05) is 17.4 Å². The Bertz CT molecular complexity index is 310. The van der Waals surface area contributed by atoms with E-state index in [-0.39, 0.29) is 0 Å². The van der Waals surface area contributed by atoms with E-state index in [0.29, 0.717) is 5.54 Å². The quantitative estimate of drug-likeness (QED) is 0.818. The van der Waals surface area contributed by atoms with Crippen LogP contribution in [0.15, 0.2) is 18.3 Å². The second kappa shape index (κ2) is 4.31. The van der Waals surface area contributed by atoms with E-state index >= 15 is 0 Å². The lowest BCUT2D eigenvalue weighted by molar-refractivity contribution is 0.359. The van der Waals surface area contributed by atoms with Crippen molar-refractivity contribution in [3.63, 3.8) is 0 Å². The van der Waals surface area contributed by atoms with Crippen LogP contribution in [0.3, 0.4) is 0 Å². The lowest BCUT2D eigenvalue weighted by atomic mass is 9.87. The Kier molecular flexibility index (Phi) is 3.06. The van der Waals surface area contributed by atoms with E-state index < -0.39 is 0 Å². The van der Waals surface area contributed by atoms with Crippen LogP contribution in [-0.4, -0.2) is 17.1 Å². The standard InChI is InChI=1S/C13H20N2/c1-3-13(7-4-8-15-13)9-12-6-5-11(2)14-10-12/h5-6,10,15H,3-4,7-9H2,1-2H3. The highest BCUT2D eigenvalue weighted by Crippen LogP contribution is 2.26. The molecule has 82 valence electrons. The first-order valence-electron chi connectivity index (χ1n) is 5.91. The summed E-state index contributed by atoms with van der Waals surface area (Å²) in [5.74, 6) is 0. The van der Waals surface area contributed by atoms with Crippen LogP contribution in [0.25, 0.3) is 0 Å². The molecule has 1 fully saturated rings. The van der Waals surface area contributed by atoms with Gasteiger partial charge in [-0.05, 0) is 50.8 Å². The van der Waals surface area contributed by atoms with Gasteiger partial charge in [0.2, 0.25) is 0 Å². The fraction of sp³-hybridized carbons (Fsp3) is 0.615. The molecule has 0 radical (unpaired) electrons. The van der Waals surface area contributed by atoms with Crippen LogP contribution in [0.1, 0.15) is 37.4 Å². The van der Waals surface area contributed by atoms with Crippen LogP contribution < -0.4 is 5.32 Å². The summed E-state index contributed by atoms with van der Waals surface area (Å²) >= 11 is 0. The smallest absolute Gasteiger partial charge is 0.0372 e. The number of hydrogen-bond acceptors (Lipinski definition) is 2. The van der Waals surface area contributed by atoms with Gasteiger partial charge in [0.1, 0.15) is 0 Å². The van der Waals surface area contributed by atoms with Crippen LogP contribution in [-0.2, 0) is 6.42 Å². The van der Waals surface area contributed by atoms with Crippen LogP contribution in [0, 0.1) is 6.92 Å². The van der Waals surface area contributed by atoms with Crippen molar-refractivity contribution in [2.45, 2.75) is 45.1 Å². The van der Waals surface area contributed by atoms with Gasteiger partial charge in [-0.15, -0.1) is 0 Å². The zero-order valence-electron chi connectivity index (χ0n) is 9.71. The lowest BCUT2D eigenvalue weighted by Gasteiger charge is -2.28. The highest BCUT2D eigenvalue weighted by molar-refractivity contribution is 5.17. The molecular weight excluding hydrogens is 184 g/mol. The van der Waals surface area contributed by atoms with Crippen molar-refractivity contribution < 1.29 is 0 Å². The number of rotatable bonds is 3. The maximum absolute atomic E-state index is 4.36. The van der Waals surface area contributed by atoms with E-state index in [1.807, 2.05) is 13.1 Å². The Morgan fingerprint density at radius 2 is 2.33 bits per heavy atom. The molecule has 1 atom stereocenters. The molecule has 1 aliphatic rings. The minimum Gasteiger partial charge on any atom is -0.311 e. The zero-order chi connectivity index (χ0) is 10.7. The van der Waals surface area contributed by atoms with Crippen LogP contribution >= 0.6 is 0 Å². The topological polar surface area (TPSA) is 24.9 Å². The molecule has 0 spiro atoms. The van der Waals surface area contributed by atoms with E-state index in [1.54, 1.807) is 0 Å². The van der Waals surface area contributed by atoms with Crippen molar-refractivity contribution in [3.8, 4) is 0 Å². The molecule has 1 aromatic heterocycles. The average Bonchev–Trinajstić information content (AvgIpc) is 2.71. The van der Waals surface area contributed by atoms with Crippen molar-refractivity contribution >= 4 is 0 Å². The molecule has 1 saturated heterocycles. The molecule has 2 heteroatoms. The third-order valence-electron chi connectivity index (χ3n) is 3.52. The molecule has 2 heterocycles. The predicted molar refractivity (Wildman–Crippen MR) is 62.9 cm³/mol. The molecule has 1 unspecified atom stereocenters. The molecule has 15 heavy (non-hydrogen) atoms. The van der Waals surface area contributed by atoms with E-state index in [2.05, 4.69) is 29.4 Å². The Balaban J connectivity index is 2.09. The SMILES string of the molecule is CCC1(Cc2ccc(C)nc2)CCCN1. The van der Waals surface area contributed by atoms with Crippen molar-refractivity contribution in [2.75, 3.05) is 6.54 Å². The van der Waals surface area contributed by atoms with Gasteiger partial charge in [-0.3, -0.25) is 4.98 Å². The Labute approximate surface area is 92.1 Å². The molecule has 0 amide bonds. The normalized spacial score (nSPS) is 25.7. The third-order valence-corrected chi connectivity index (χ3v) is 3.52. The maximum atomic E-state index is 4.36. The van der Waals surface area contributed by atoms with Crippen molar-refractivity contribution in [1.82, 2.24) is 10.3 Å². The van der Waals surface area contributed by atoms with Gasteiger partial charge in [0.05, 0.1) is 0 Å². The highest BCUT2D eigenvalue weighted by Gasteiger charge is 2.31. The molecule has 0 bridgehead atoms. The van der Waals surface area contributed by atoms with Gasteiger partial charge in [-0.2, -0.15) is 0 Å². The van der Waals surface area contributed by atoms with E-state index in [9.17, 15) is 0 Å². The van der Waals surface area contributed by atoms with Gasteiger partial charge >= 0.3 is 0 Å². The van der Waals surface area contributed by atoms with Crippen LogP contribution in [0.4, 0.5) is 0 Å². The average molecular weight is 204 g/mol. The van der Waals surface area contributed by atoms with Gasteiger partial charge in [-0.1, -0.05) is 13.0 Å². The highest BCUT2D eigenvalue weighted by atomic mass is 15.0. The third kappa shape index (κ3) is 2.37. The molecule has 0 aromatic carbocycles. The molecule has 1 aromatic rings. The summed E-state index contributed by atoms with van der Waals surface area (Å²) in [5.41, 5.74) is 2.80. The summed E-state index contributed by atoms with van der Waals surface area (Å²) in [5, 5.41) is 3.66. The first kappa shape index (κ1) is 10.6. The fourth-order valence-corrected chi connectivity index (χ4v) is 2.44. The van der Waals surface area contributed by atoms with Crippen molar-refractivity contribution in [2.24, 2.45) is 0 Å². The van der Waals surface area contributed by atoms with Gasteiger partial charge in [0.15, 0.2) is 0 Å². The molecule has 2 nitrogen and oxygen atoms in total. The summed E-state index contributed by atoms with van der Waals surface area (Å²) in [6, 6.07) is 4.31. The molecule has 0 saturated carbocycles. The number of nitrogens with one attached hydrogen (secondary N) is 1. The van der Waals surface area contributed by atoms with Gasteiger partial charge in [-0.25, -0.2) is 0 Å². The van der Waals surface area contributed by atoms with Gasteiger partial charge < -0.3 is 5.32 Å². The summed E-state index contributed by atoms with van der Waals surface area (Å²) < 4.78 is 0.